The molecule has 0 aliphatic carbocycles. The third-order valence-electron chi connectivity index (χ3n) is 6.36. The highest BCUT2D eigenvalue weighted by atomic mass is 32.2. The number of para-hydroxylation sites is 1. The summed E-state index contributed by atoms with van der Waals surface area (Å²) in [7, 11) is -3.69. The van der Waals surface area contributed by atoms with Crippen molar-refractivity contribution in [3.63, 3.8) is 0 Å². The van der Waals surface area contributed by atoms with Gasteiger partial charge < -0.3 is 10.3 Å². The van der Waals surface area contributed by atoms with E-state index < -0.39 is 27.3 Å². The molecule has 0 fully saturated rings. The number of fused-ring (bicyclic) bond motifs is 2. The number of amides is 1. The average Bonchev–Trinajstić information content (AvgIpc) is 2.85. The van der Waals surface area contributed by atoms with E-state index in [1.807, 2.05) is 0 Å². The van der Waals surface area contributed by atoms with E-state index >= 15 is 4.39 Å². The van der Waals surface area contributed by atoms with E-state index in [1.165, 1.54) is 22.5 Å². The van der Waals surface area contributed by atoms with Crippen LogP contribution in [0.4, 0.5) is 4.39 Å². The minimum absolute atomic E-state index is 0.118. The van der Waals surface area contributed by atoms with Crippen molar-refractivity contribution in [1.82, 2.24) is 14.6 Å². The van der Waals surface area contributed by atoms with Gasteiger partial charge in [-0.3, -0.25) is 9.59 Å². The van der Waals surface area contributed by atoms with Crippen molar-refractivity contribution in [2.24, 2.45) is 0 Å². The molecule has 0 bridgehead atoms. The summed E-state index contributed by atoms with van der Waals surface area (Å²) in [5, 5.41) is 3.38. The number of aromatic nitrogens is 1. The highest BCUT2D eigenvalue weighted by molar-refractivity contribution is 7.89. The average molecular weight is 510 g/mol. The molecule has 1 aromatic heterocycles. The number of rotatable bonds is 7. The number of carbonyl (C=O) groups excluding carboxylic acids is 1. The number of nitrogens with zero attached hydrogens (tertiary/aromatic N) is 1. The van der Waals surface area contributed by atoms with Crippen LogP contribution in [0.5, 0.6) is 0 Å². The van der Waals surface area contributed by atoms with Gasteiger partial charge in [0.25, 0.3) is 5.91 Å². The largest absolute Gasteiger partial charge is 0.354 e. The maximum absolute atomic E-state index is 15.0. The molecule has 0 aliphatic rings. The maximum Gasteiger partial charge on any atom is 0.255 e. The van der Waals surface area contributed by atoms with Gasteiger partial charge in [0.1, 0.15) is 5.82 Å². The van der Waals surface area contributed by atoms with Crippen LogP contribution >= 0.6 is 0 Å². The number of H-pyrrole nitrogens is 1. The minimum Gasteiger partial charge on any atom is -0.354 e. The van der Waals surface area contributed by atoms with Gasteiger partial charge in [0, 0.05) is 29.4 Å². The van der Waals surface area contributed by atoms with Crippen molar-refractivity contribution in [2.45, 2.75) is 38.1 Å². The number of nitrogens with one attached hydrogen (secondary N) is 2. The van der Waals surface area contributed by atoms with Crippen LogP contribution in [0.3, 0.4) is 0 Å². The molecule has 0 radical (unpaired) electrons. The van der Waals surface area contributed by atoms with Crippen LogP contribution in [0.2, 0.25) is 0 Å². The van der Waals surface area contributed by atoms with E-state index in [0.717, 1.165) is 6.07 Å². The number of pyridine rings is 1. The molecule has 0 atom stereocenters. The summed E-state index contributed by atoms with van der Waals surface area (Å²) in [6, 6.07) is 15.7. The van der Waals surface area contributed by atoms with Crippen LogP contribution in [0.1, 0.15) is 43.6 Å². The molecule has 3 aromatic carbocycles. The van der Waals surface area contributed by atoms with Crippen molar-refractivity contribution in [2.75, 3.05) is 13.1 Å². The highest BCUT2D eigenvalue weighted by Crippen LogP contribution is 2.26. The SMILES string of the molecule is CCN(CC)S(=O)(=O)c1cccc(C(C)(C)NC(=O)c2cc3[nH]c4ccccc4c(=O)c3cc2F)c1. The van der Waals surface area contributed by atoms with Gasteiger partial charge in [-0.2, -0.15) is 4.31 Å². The molecule has 0 aliphatic heterocycles. The molecule has 1 amide bonds. The van der Waals surface area contributed by atoms with Gasteiger partial charge in [0.05, 0.1) is 21.5 Å². The Morgan fingerprint density at radius 2 is 1.67 bits per heavy atom. The molecule has 9 heteroatoms. The lowest BCUT2D eigenvalue weighted by molar-refractivity contribution is 0.0908. The summed E-state index contributed by atoms with van der Waals surface area (Å²) in [6.07, 6.45) is 0. The van der Waals surface area contributed by atoms with E-state index in [1.54, 1.807) is 64.1 Å². The molecule has 2 N–H and O–H groups in total. The Labute approximate surface area is 209 Å². The molecular weight excluding hydrogens is 481 g/mol. The quantitative estimate of drug-likeness (QED) is 0.358. The van der Waals surface area contributed by atoms with Crippen molar-refractivity contribution < 1.29 is 17.6 Å². The van der Waals surface area contributed by atoms with Gasteiger partial charge >= 0.3 is 0 Å². The zero-order chi connectivity index (χ0) is 26.3. The molecule has 4 rings (SSSR count). The monoisotopic (exact) mass is 509 g/mol. The fraction of sp³-hybridized carbons (Fsp3) is 0.259. The summed E-state index contributed by atoms with van der Waals surface area (Å²) in [5.41, 5.74) is -0.103. The predicted molar refractivity (Wildman–Crippen MR) is 139 cm³/mol. The van der Waals surface area contributed by atoms with Crippen molar-refractivity contribution in [3.05, 3.63) is 87.8 Å². The molecule has 188 valence electrons. The first-order valence-corrected chi connectivity index (χ1v) is 13.1. The van der Waals surface area contributed by atoms with Gasteiger partial charge in [-0.1, -0.05) is 38.1 Å². The number of halogens is 1. The number of hydrogen-bond acceptors (Lipinski definition) is 4. The molecule has 7 nitrogen and oxygen atoms in total. The number of aromatic amines is 1. The van der Waals surface area contributed by atoms with Crippen molar-refractivity contribution >= 4 is 37.7 Å². The molecule has 0 saturated carbocycles. The lowest BCUT2D eigenvalue weighted by Gasteiger charge is -2.28. The fourth-order valence-electron chi connectivity index (χ4n) is 4.30. The second kappa shape index (κ2) is 9.48. The number of hydrogen-bond donors (Lipinski definition) is 2. The van der Waals surface area contributed by atoms with Crippen molar-refractivity contribution in [3.8, 4) is 0 Å². The summed E-state index contributed by atoms with van der Waals surface area (Å²) in [5.74, 6) is -1.51. The molecule has 0 saturated heterocycles. The molecule has 1 heterocycles. The molecule has 36 heavy (non-hydrogen) atoms. The van der Waals surface area contributed by atoms with Gasteiger partial charge in [-0.15, -0.1) is 0 Å². The Morgan fingerprint density at radius 1 is 0.972 bits per heavy atom. The van der Waals surface area contributed by atoms with Crippen LogP contribution in [-0.2, 0) is 15.6 Å². The Balaban J connectivity index is 1.70. The summed E-state index contributed by atoms with van der Waals surface area (Å²) in [4.78, 5) is 29.2. The lowest BCUT2D eigenvalue weighted by atomic mass is 9.93. The lowest BCUT2D eigenvalue weighted by Crippen LogP contribution is -2.41. The number of sulfonamides is 1. The predicted octanol–water partition coefficient (Wildman–Crippen LogP) is 4.52. The van der Waals surface area contributed by atoms with Crippen LogP contribution in [-0.4, -0.2) is 36.7 Å². The van der Waals surface area contributed by atoms with Crippen LogP contribution in [0, 0.1) is 5.82 Å². The highest BCUT2D eigenvalue weighted by Gasteiger charge is 2.28. The number of carbonyl (C=O) groups is 1. The summed E-state index contributed by atoms with van der Waals surface area (Å²) >= 11 is 0. The Bertz CT molecular complexity index is 1640. The van der Waals surface area contributed by atoms with Gasteiger partial charge in [0.2, 0.25) is 10.0 Å². The smallest absolute Gasteiger partial charge is 0.255 e. The standard InChI is InChI=1S/C27H28FN3O4S/c1-5-31(6-2)36(34,35)18-11-9-10-17(14-18)27(3,4)30-26(33)20-16-24-21(15-22(20)28)25(32)19-12-7-8-13-23(19)29-24/h7-16H,5-6H2,1-4H3,(H,29,32)(H,30,33). The third-order valence-corrected chi connectivity index (χ3v) is 8.41. The van der Waals surface area contributed by atoms with Gasteiger partial charge in [0.15, 0.2) is 5.43 Å². The van der Waals surface area contributed by atoms with Gasteiger partial charge in [-0.25, -0.2) is 12.8 Å². The summed E-state index contributed by atoms with van der Waals surface area (Å²) in [6.45, 7) is 7.63. The topological polar surface area (TPSA) is 99.3 Å². The fourth-order valence-corrected chi connectivity index (χ4v) is 5.80. The molecular formula is C27H28FN3O4S. The van der Waals surface area contributed by atoms with Crippen LogP contribution in [0.25, 0.3) is 21.8 Å². The molecule has 0 spiro atoms. The van der Waals surface area contributed by atoms with E-state index in [9.17, 15) is 18.0 Å². The summed E-state index contributed by atoms with van der Waals surface area (Å²) < 4.78 is 42.3. The van der Waals surface area contributed by atoms with Gasteiger partial charge in [-0.05, 0) is 55.8 Å². The third kappa shape index (κ3) is 4.52. The van der Waals surface area contributed by atoms with E-state index in [0.29, 0.717) is 35.1 Å². The molecule has 0 unspecified atom stereocenters. The second-order valence-electron chi connectivity index (χ2n) is 9.07. The first-order valence-electron chi connectivity index (χ1n) is 11.7. The zero-order valence-electron chi connectivity index (χ0n) is 20.6. The second-order valence-corrected chi connectivity index (χ2v) is 11.0. The van der Waals surface area contributed by atoms with Crippen molar-refractivity contribution in [1.29, 1.82) is 0 Å². The van der Waals surface area contributed by atoms with E-state index in [4.69, 9.17) is 0 Å². The zero-order valence-corrected chi connectivity index (χ0v) is 21.4. The number of benzene rings is 3. The molecule has 4 aromatic rings. The normalized spacial score (nSPS) is 12.4. The minimum atomic E-state index is -3.69. The van der Waals surface area contributed by atoms with Crippen LogP contribution in [0.15, 0.2) is 70.4 Å². The van der Waals surface area contributed by atoms with Crippen LogP contribution < -0.4 is 10.7 Å². The Morgan fingerprint density at radius 3 is 2.36 bits per heavy atom. The Kier molecular flexibility index (Phi) is 6.72. The maximum atomic E-state index is 15.0. The first-order chi connectivity index (χ1) is 17.0. The Hall–Kier alpha value is -3.56. The first kappa shape index (κ1) is 25.5. The van der Waals surface area contributed by atoms with E-state index in [-0.39, 0.29) is 21.3 Å². The van der Waals surface area contributed by atoms with E-state index in [2.05, 4.69) is 10.3 Å².